The van der Waals surface area contributed by atoms with E-state index in [1.165, 1.54) is 25.4 Å². The Labute approximate surface area is 197 Å². The molecule has 0 aliphatic carbocycles. The lowest BCUT2D eigenvalue weighted by Crippen LogP contribution is -2.39. The number of rotatable bonds is 12. The molecule has 0 radical (unpaired) electrons. The van der Waals surface area contributed by atoms with Crippen LogP contribution in [-0.2, 0) is 28.5 Å². The van der Waals surface area contributed by atoms with Crippen molar-refractivity contribution in [1.29, 1.82) is 0 Å². The van der Waals surface area contributed by atoms with Crippen LogP contribution in [0.15, 0.2) is 51.6 Å². The van der Waals surface area contributed by atoms with Crippen molar-refractivity contribution in [2.24, 2.45) is 0 Å². The molecule has 0 saturated carbocycles. The highest BCUT2D eigenvalue weighted by Gasteiger charge is 2.32. The quantitative estimate of drug-likeness (QED) is 0.359. The van der Waals surface area contributed by atoms with E-state index < -0.39 is 24.4 Å². The number of hydrogen-bond donors (Lipinski definition) is 1. The number of hydrogen-bond acceptors (Lipinski definition) is 9. The van der Waals surface area contributed by atoms with E-state index in [1.807, 2.05) is 0 Å². The molecule has 1 amide bonds. The molecule has 0 bridgehead atoms. The van der Waals surface area contributed by atoms with Crippen LogP contribution in [0.4, 0.5) is 0 Å². The standard InChI is InChI=1S/C24H31NO9/c1-25(14-22(29-2)30-3)24(28)20-12-16(13-21(34-20)32-11-10-31-9-8-26)18-15-33-19-7-5-4-6-17(19)23(18)27/h4-7,12,15-16,21-22,26H,8-11,13-14H2,1-3H3/t16-,21+/m0/s1. The molecule has 1 N–H and O–H groups in total. The summed E-state index contributed by atoms with van der Waals surface area (Å²) < 4.78 is 32.9. The predicted octanol–water partition coefficient (Wildman–Crippen LogP) is 1.61. The van der Waals surface area contributed by atoms with Crippen LogP contribution in [0, 0.1) is 0 Å². The Kier molecular flexibility index (Phi) is 9.61. The molecule has 1 aliphatic rings. The highest BCUT2D eigenvalue weighted by Crippen LogP contribution is 2.31. The predicted molar refractivity (Wildman–Crippen MR) is 122 cm³/mol. The van der Waals surface area contributed by atoms with E-state index >= 15 is 0 Å². The van der Waals surface area contributed by atoms with Crippen molar-refractivity contribution in [2.75, 3.05) is 54.2 Å². The fraction of sp³-hybridized carbons (Fsp3) is 0.500. The maximum atomic E-state index is 13.2. The summed E-state index contributed by atoms with van der Waals surface area (Å²) in [6.07, 6.45) is 1.97. The van der Waals surface area contributed by atoms with Crippen LogP contribution in [0.25, 0.3) is 11.0 Å². The molecule has 0 unspecified atom stereocenters. The maximum absolute atomic E-state index is 13.2. The van der Waals surface area contributed by atoms with Gasteiger partial charge >= 0.3 is 0 Å². The minimum absolute atomic E-state index is 0.0542. The largest absolute Gasteiger partial charge is 0.464 e. The Bertz CT molecular complexity index is 1030. The number of allylic oxidation sites excluding steroid dienone is 1. The minimum atomic E-state index is -0.786. The number of ether oxygens (including phenoxy) is 5. The molecule has 1 aromatic heterocycles. The monoisotopic (exact) mass is 477 g/mol. The number of nitrogens with zero attached hydrogens (tertiary/aromatic N) is 1. The van der Waals surface area contributed by atoms with Gasteiger partial charge in [0.2, 0.25) is 6.29 Å². The summed E-state index contributed by atoms with van der Waals surface area (Å²) in [5, 5.41) is 9.29. The molecule has 10 heteroatoms. The van der Waals surface area contributed by atoms with Crippen LogP contribution in [0.3, 0.4) is 0 Å². The average Bonchev–Trinajstić information content (AvgIpc) is 2.86. The normalized spacial score (nSPS) is 18.1. The molecule has 34 heavy (non-hydrogen) atoms. The number of likely N-dealkylation sites (N-methyl/N-ethyl adjacent to an activating group) is 1. The number of benzene rings is 1. The number of aliphatic hydroxyl groups excluding tert-OH is 1. The third-order valence-corrected chi connectivity index (χ3v) is 5.44. The zero-order valence-electron chi connectivity index (χ0n) is 19.6. The summed E-state index contributed by atoms with van der Waals surface area (Å²) in [4.78, 5) is 27.7. The fourth-order valence-electron chi connectivity index (χ4n) is 3.62. The van der Waals surface area contributed by atoms with Gasteiger partial charge < -0.3 is 38.1 Å². The van der Waals surface area contributed by atoms with Gasteiger partial charge in [0, 0.05) is 39.2 Å². The van der Waals surface area contributed by atoms with Crippen molar-refractivity contribution in [3.63, 3.8) is 0 Å². The SMILES string of the molecule is COC(CN(C)C(=O)C1=C[C@H](c2coc3ccccc3c2=O)C[C@H](OCCOCCO)O1)OC. The van der Waals surface area contributed by atoms with Gasteiger partial charge in [0.05, 0.1) is 44.6 Å². The molecule has 0 spiro atoms. The highest BCUT2D eigenvalue weighted by molar-refractivity contribution is 5.91. The van der Waals surface area contributed by atoms with Gasteiger partial charge in [-0.05, 0) is 18.2 Å². The van der Waals surface area contributed by atoms with Gasteiger partial charge in [-0.3, -0.25) is 9.59 Å². The first-order valence-electron chi connectivity index (χ1n) is 11.0. The summed E-state index contributed by atoms with van der Waals surface area (Å²) in [6.45, 7) is 0.730. The number of amides is 1. The van der Waals surface area contributed by atoms with E-state index in [1.54, 1.807) is 37.4 Å². The number of methoxy groups -OCH3 is 2. The van der Waals surface area contributed by atoms with Gasteiger partial charge in [0.25, 0.3) is 5.91 Å². The molecule has 0 fully saturated rings. The minimum Gasteiger partial charge on any atom is -0.464 e. The molecule has 2 heterocycles. The van der Waals surface area contributed by atoms with Gasteiger partial charge in [0.15, 0.2) is 17.5 Å². The van der Waals surface area contributed by atoms with Crippen molar-refractivity contribution < 1.29 is 38.0 Å². The van der Waals surface area contributed by atoms with Gasteiger partial charge in [-0.2, -0.15) is 0 Å². The second kappa shape index (κ2) is 12.6. The third kappa shape index (κ3) is 6.43. The Morgan fingerprint density at radius 3 is 2.71 bits per heavy atom. The van der Waals surface area contributed by atoms with Gasteiger partial charge in [-0.15, -0.1) is 0 Å². The smallest absolute Gasteiger partial charge is 0.288 e. The summed E-state index contributed by atoms with van der Waals surface area (Å²) in [7, 11) is 4.57. The molecule has 2 aromatic rings. The zero-order valence-corrected chi connectivity index (χ0v) is 19.6. The lowest BCUT2D eigenvalue weighted by molar-refractivity contribution is -0.161. The first kappa shape index (κ1) is 25.9. The molecular formula is C24H31NO9. The fourth-order valence-corrected chi connectivity index (χ4v) is 3.62. The zero-order chi connectivity index (χ0) is 24.5. The van der Waals surface area contributed by atoms with Crippen molar-refractivity contribution in [2.45, 2.75) is 24.9 Å². The van der Waals surface area contributed by atoms with E-state index in [0.717, 1.165) is 0 Å². The van der Waals surface area contributed by atoms with Gasteiger partial charge in [0.1, 0.15) is 5.58 Å². The van der Waals surface area contributed by atoms with Gasteiger partial charge in [-0.1, -0.05) is 12.1 Å². The lowest BCUT2D eigenvalue weighted by atomic mass is 9.93. The summed E-state index contributed by atoms with van der Waals surface area (Å²) in [5.74, 6) is -0.816. The van der Waals surface area contributed by atoms with Crippen LogP contribution in [0.5, 0.6) is 0 Å². The first-order valence-corrected chi connectivity index (χ1v) is 11.0. The average molecular weight is 478 g/mol. The number of carbonyl (C=O) groups is 1. The van der Waals surface area contributed by atoms with E-state index in [9.17, 15) is 9.59 Å². The first-order chi connectivity index (χ1) is 16.5. The summed E-state index contributed by atoms with van der Waals surface area (Å²) in [5.41, 5.74) is 0.725. The number of aliphatic hydroxyl groups is 1. The van der Waals surface area contributed by atoms with Crippen molar-refractivity contribution >= 4 is 16.9 Å². The van der Waals surface area contributed by atoms with Crippen molar-refractivity contribution in [3.8, 4) is 0 Å². The Balaban J connectivity index is 1.85. The van der Waals surface area contributed by atoms with Crippen LogP contribution in [0.1, 0.15) is 17.9 Å². The summed E-state index contributed by atoms with van der Waals surface area (Å²) >= 11 is 0. The topological polar surface area (TPSA) is 117 Å². The van der Waals surface area contributed by atoms with E-state index in [2.05, 4.69) is 0 Å². The molecule has 2 atom stereocenters. The summed E-state index contributed by atoms with van der Waals surface area (Å²) in [6, 6.07) is 7.00. The number of fused-ring (bicyclic) bond motifs is 1. The lowest BCUT2D eigenvalue weighted by Gasteiger charge is -2.31. The van der Waals surface area contributed by atoms with E-state index in [4.69, 9.17) is 33.2 Å². The molecule has 1 aromatic carbocycles. The van der Waals surface area contributed by atoms with E-state index in [0.29, 0.717) is 23.0 Å². The Hall–Kier alpha value is -2.76. The Morgan fingerprint density at radius 2 is 1.97 bits per heavy atom. The number of para-hydroxylation sites is 1. The maximum Gasteiger partial charge on any atom is 0.288 e. The molecule has 10 nitrogen and oxygen atoms in total. The van der Waals surface area contributed by atoms with E-state index in [-0.39, 0.29) is 44.2 Å². The number of carbonyl (C=O) groups excluding carboxylic acids is 1. The molecular weight excluding hydrogens is 446 g/mol. The Morgan fingerprint density at radius 1 is 1.21 bits per heavy atom. The van der Waals surface area contributed by atoms with Crippen LogP contribution in [0.2, 0.25) is 0 Å². The molecule has 3 rings (SSSR count). The third-order valence-electron chi connectivity index (χ3n) is 5.44. The van der Waals surface area contributed by atoms with Crippen molar-refractivity contribution in [1.82, 2.24) is 4.90 Å². The molecule has 186 valence electrons. The molecule has 1 aliphatic heterocycles. The van der Waals surface area contributed by atoms with Crippen LogP contribution in [-0.4, -0.2) is 82.7 Å². The highest BCUT2D eigenvalue weighted by atomic mass is 16.7. The van der Waals surface area contributed by atoms with Crippen LogP contribution >= 0.6 is 0 Å². The van der Waals surface area contributed by atoms with Crippen LogP contribution < -0.4 is 5.43 Å². The molecule has 0 saturated heterocycles. The van der Waals surface area contributed by atoms with Gasteiger partial charge in [-0.25, -0.2) is 0 Å². The second-order valence-corrected chi connectivity index (χ2v) is 7.73. The van der Waals surface area contributed by atoms with Crippen molar-refractivity contribution in [3.05, 3.63) is 58.2 Å². The second-order valence-electron chi connectivity index (χ2n) is 7.73.